The lowest BCUT2D eigenvalue weighted by Gasteiger charge is -2.34. The molecule has 1 saturated carbocycles. The minimum absolute atomic E-state index is 0.153. The molecule has 2 aromatic rings. The maximum Gasteiger partial charge on any atom is 0.141 e. The number of fused-ring (bicyclic) bond motifs is 1. The van der Waals surface area contributed by atoms with Crippen molar-refractivity contribution in [3.05, 3.63) is 63.2 Å². The number of ether oxygens (including phenoxy) is 2. The van der Waals surface area contributed by atoms with Crippen molar-refractivity contribution < 1.29 is 19.7 Å². The smallest absolute Gasteiger partial charge is 0.141 e. The quantitative estimate of drug-likeness (QED) is 0.765. The van der Waals surface area contributed by atoms with E-state index in [9.17, 15) is 10.2 Å². The third-order valence-electron chi connectivity index (χ3n) is 6.47. The van der Waals surface area contributed by atoms with E-state index in [1.165, 1.54) is 24.0 Å². The van der Waals surface area contributed by atoms with Crippen molar-refractivity contribution >= 4 is 11.6 Å². The Morgan fingerprint density at radius 2 is 1.86 bits per heavy atom. The molecule has 3 atom stereocenters. The van der Waals surface area contributed by atoms with Crippen LogP contribution < -0.4 is 4.74 Å². The Balaban J connectivity index is 1.45. The molecule has 0 aromatic heterocycles. The number of aliphatic hydroxyl groups is 2. The molecule has 5 rings (SSSR count). The Bertz CT molecular complexity index is 891. The summed E-state index contributed by atoms with van der Waals surface area (Å²) >= 11 is 6.74. The first kappa shape index (κ1) is 19.4. The van der Waals surface area contributed by atoms with E-state index in [2.05, 4.69) is 30.3 Å². The molecule has 0 amide bonds. The van der Waals surface area contributed by atoms with E-state index in [0.717, 1.165) is 47.6 Å². The SMILES string of the molecule is OC[C@H]1OC(c2cc(Cc3ccc(C4CC4)cc3)c(Cl)c3c2CCO3)CC[C@@H]1O. The lowest BCUT2D eigenvalue weighted by atomic mass is 9.90. The van der Waals surface area contributed by atoms with Gasteiger partial charge in [0.05, 0.1) is 30.4 Å². The second-order valence-electron chi connectivity index (χ2n) is 8.53. The van der Waals surface area contributed by atoms with Crippen molar-refractivity contribution in [1.82, 2.24) is 0 Å². The normalized spacial score (nSPS) is 26.2. The molecule has 3 aliphatic rings. The summed E-state index contributed by atoms with van der Waals surface area (Å²) in [5, 5.41) is 20.3. The van der Waals surface area contributed by atoms with Crippen molar-refractivity contribution in [3.8, 4) is 5.75 Å². The molecule has 4 nitrogen and oxygen atoms in total. The molecular weight excluding hydrogens is 388 g/mol. The summed E-state index contributed by atoms with van der Waals surface area (Å²) in [7, 11) is 0. The van der Waals surface area contributed by atoms with Gasteiger partial charge in [-0.1, -0.05) is 41.9 Å². The van der Waals surface area contributed by atoms with Gasteiger partial charge in [-0.05, 0) is 60.3 Å². The van der Waals surface area contributed by atoms with Crippen LogP contribution in [0.2, 0.25) is 5.02 Å². The zero-order chi connectivity index (χ0) is 20.0. The summed E-state index contributed by atoms with van der Waals surface area (Å²) in [5.41, 5.74) is 5.91. The standard InChI is InChI=1S/C24H27ClO4/c25-23-17(11-14-1-3-15(4-2-14)16-5-6-16)12-19(18-9-10-28-24(18)23)21-8-7-20(27)22(13-26)29-21/h1-4,12,16,20-22,26-27H,5-11,13H2/t20-,21?,22+/m0/s1. The molecule has 2 N–H and O–H groups in total. The summed E-state index contributed by atoms with van der Waals surface area (Å²) in [5.74, 6) is 1.54. The van der Waals surface area contributed by atoms with Gasteiger partial charge in [-0.25, -0.2) is 0 Å². The van der Waals surface area contributed by atoms with Crippen LogP contribution in [0.5, 0.6) is 5.75 Å². The lowest BCUT2D eigenvalue weighted by Crippen LogP contribution is -2.38. The van der Waals surface area contributed by atoms with Crippen LogP contribution in [-0.2, 0) is 17.6 Å². The highest BCUT2D eigenvalue weighted by molar-refractivity contribution is 6.33. The average molecular weight is 415 g/mol. The highest BCUT2D eigenvalue weighted by atomic mass is 35.5. The topological polar surface area (TPSA) is 58.9 Å². The zero-order valence-electron chi connectivity index (χ0n) is 16.4. The van der Waals surface area contributed by atoms with Crippen molar-refractivity contribution in [2.45, 2.75) is 62.8 Å². The summed E-state index contributed by atoms with van der Waals surface area (Å²) in [6.45, 7) is 0.449. The van der Waals surface area contributed by atoms with E-state index in [4.69, 9.17) is 21.1 Å². The molecule has 1 aliphatic carbocycles. The Kier molecular flexibility index (Phi) is 5.29. The molecule has 29 heavy (non-hydrogen) atoms. The fraction of sp³-hybridized carbons (Fsp3) is 0.500. The molecule has 2 heterocycles. The predicted octanol–water partition coefficient (Wildman–Crippen LogP) is 4.32. The Morgan fingerprint density at radius 3 is 2.59 bits per heavy atom. The van der Waals surface area contributed by atoms with Gasteiger partial charge in [-0.2, -0.15) is 0 Å². The van der Waals surface area contributed by atoms with E-state index in [0.29, 0.717) is 18.1 Å². The van der Waals surface area contributed by atoms with Crippen LogP contribution >= 0.6 is 11.6 Å². The maximum atomic E-state index is 10.1. The van der Waals surface area contributed by atoms with Gasteiger partial charge in [-0.3, -0.25) is 0 Å². The predicted molar refractivity (Wildman–Crippen MR) is 112 cm³/mol. The molecular formula is C24H27ClO4. The van der Waals surface area contributed by atoms with Crippen LogP contribution in [0.3, 0.4) is 0 Å². The highest BCUT2D eigenvalue weighted by Crippen LogP contribution is 2.45. The molecule has 1 unspecified atom stereocenters. The minimum Gasteiger partial charge on any atom is -0.491 e. The van der Waals surface area contributed by atoms with Crippen LogP contribution in [0.25, 0.3) is 0 Å². The van der Waals surface area contributed by atoms with Crippen molar-refractivity contribution in [2.24, 2.45) is 0 Å². The van der Waals surface area contributed by atoms with Crippen LogP contribution in [0.1, 0.15) is 65.5 Å². The fourth-order valence-corrected chi connectivity index (χ4v) is 4.93. The number of rotatable bonds is 5. The van der Waals surface area contributed by atoms with E-state index in [-0.39, 0.29) is 12.7 Å². The van der Waals surface area contributed by atoms with Crippen LogP contribution in [0.4, 0.5) is 0 Å². The molecule has 2 aromatic carbocycles. The Hall–Kier alpha value is -1.59. The van der Waals surface area contributed by atoms with Gasteiger partial charge in [0.2, 0.25) is 0 Å². The summed E-state index contributed by atoms with van der Waals surface area (Å²) in [6.07, 6.45) is 4.20. The molecule has 2 fully saturated rings. The first-order valence-electron chi connectivity index (χ1n) is 10.6. The van der Waals surface area contributed by atoms with Gasteiger partial charge in [-0.15, -0.1) is 0 Å². The number of hydrogen-bond donors (Lipinski definition) is 2. The van der Waals surface area contributed by atoms with E-state index in [1.54, 1.807) is 0 Å². The number of halogens is 1. The van der Waals surface area contributed by atoms with Crippen LogP contribution in [-0.4, -0.2) is 35.6 Å². The number of benzene rings is 2. The maximum absolute atomic E-state index is 10.1. The Labute approximate surface area is 176 Å². The monoisotopic (exact) mass is 414 g/mol. The van der Waals surface area contributed by atoms with E-state index >= 15 is 0 Å². The molecule has 0 bridgehead atoms. The third kappa shape index (κ3) is 3.79. The second-order valence-corrected chi connectivity index (χ2v) is 8.91. The number of aliphatic hydroxyl groups excluding tert-OH is 2. The van der Waals surface area contributed by atoms with Gasteiger partial charge < -0.3 is 19.7 Å². The third-order valence-corrected chi connectivity index (χ3v) is 6.89. The van der Waals surface area contributed by atoms with Gasteiger partial charge in [0.15, 0.2) is 0 Å². The first-order chi connectivity index (χ1) is 14.1. The van der Waals surface area contributed by atoms with Crippen molar-refractivity contribution in [3.63, 3.8) is 0 Å². The van der Waals surface area contributed by atoms with Gasteiger partial charge >= 0.3 is 0 Å². The minimum atomic E-state index is -0.614. The number of hydrogen-bond acceptors (Lipinski definition) is 4. The molecule has 2 aliphatic heterocycles. The van der Waals surface area contributed by atoms with E-state index < -0.39 is 12.2 Å². The molecule has 0 radical (unpaired) electrons. The Morgan fingerprint density at radius 1 is 1.07 bits per heavy atom. The van der Waals surface area contributed by atoms with Gasteiger partial charge in [0, 0.05) is 12.0 Å². The lowest BCUT2D eigenvalue weighted by molar-refractivity contribution is -0.135. The second kappa shape index (κ2) is 7.92. The largest absolute Gasteiger partial charge is 0.491 e. The summed E-state index contributed by atoms with van der Waals surface area (Å²) in [6, 6.07) is 11.0. The van der Waals surface area contributed by atoms with Crippen molar-refractivity contribution in [2.75, 3.05) is 13.2 Å². The van der Waals surface area contributed by atoms with Crippen LogP contribution in [0, 0.1) is 0 Å². The highest BCUT2D eigenvalue weighted by Gasteiger charge is 2.34. The molecule has 0 spiro atoms. The zero-order valence-corrected chi connectivity index (χ0v) is 17.2. The summed E-state index contributed by atoms with van der Waals surface area (Å²) in [4.78, 5) is 0. The average Bonchev–Trinajstić information content (AvgIpc) is 3.47. The van der Waals surface area contributed by atoms with E-state index in [1.807, 2.05) is 0 Å². The van der Waals surface area contributed by atoms with Crippen molar-refractivity contribution in [1.29, 1.82) is 0 Å². The van der Waals surface area contributed by atoms with Gasteiger partial charge in [0.1, 0.15) is 11.9 Å². The molecule has 1 saturated heterocycles. The molecule has 154 valence electrons. The molecule has 5 heteroatoms. The first-order valence-corrected chi connectivity index (χ1v) is 11.0. The van der Waals surface area contributed by atoms with Gasteiger partial charge in [0.25, 0.3) is 0 Å². The fourth-order valence-electron chi connectivity index (χ4n) is 4.64. The van der Waals surface area contributed by atoms with Crippen LogP contribution in [0.15, 0.2) is 30.3 Å². The summed E-state index contributed by atoms with van der Waals surface area (Å²) < 4.78 is 11.9.